The van der Waals surface area contributed by atoms with Crippen molar-refractivity contribution in [3.8, 4) is 0 Å². The minimum Gasteiger partial charge on any atom is -0.352 e. The number of hydrogen-bond donors (Lipinski definition) is 1. The summed E-state index contributed by atoms with van der Waals surface area (Å²) in [6.45, 7) is 1.98. The second-order valence-corrected chi connectivity index (χ2v) is 5.59. The fourth-order valence-corrected chi connectivity index (χ4v) is 3.03. The molecular formula is C16H21NO3. The third-order valence-corrected chi connectivity index (χ3v) is 4.24. The van der Waals surface area contributed by atoms with Crippen LogP contribution >= 0.6 is 0 Å². The number of ether oxygens (including phenoxy) is 2. The standard InChI is InChI=1S/C16H21NO3/c18-15(17-12-13-4-2-1-3-5-13)14-6-8-16(9-7-14)19-10-11-20-16/h1-5,14H,6-12H2,(H,17,18). The zero-order valence-electron chi connectivity index (χ0n) is 11.6. The van der Waals surface area contributed by atoms with Gasteiger partial charge < -0.3 is 14.8 Å². The molecule has 0 aromatic heterocycles. The highest BCUT2D eigenvalue weighted by Crippen LogP contribution is 2.38. The zero-order valence-corrected chi connectivity index (χ0v) is 11.6. The molecule has 4 nitrogen and oxygen atoms in total. The number of hydrogen-bond acceptors (Lipinski definition) is 3. The van der Waals surface area contributed by atoms with E-state index in [0.29, 0.717) is 19.8 Å². The van der Waals surface area contributed by atoms with E-state index in [9.17, 15) is 4.79 Å². The quantitative estimate of drug-likeness (QED) is 0.920. The van der Waals surface area contributed by atoms with Gasteiger partial charge in [-0.25, -0.2) is 0 Å². The molecule has 2 aliphatic rings. The lowest BCUT2D eigenvalue weighted by Crippen LogP contribution is -2.40. The topological polar surface area (TPSA) is 47.6 Å². The molecule has 0 atom stereocenters. The lowest BCUT2D eigenvalue weighted by atomic mass is 9.84. The lowest BCUT2D eigenvalue weighted by Gasteiger charge is -2.34. The average molecular weight is 275 g/mol. The number of benzene rings is 1. The third kappa shape index (κ3) is 3.02. The summed E-state index contributed by atoms with van der Waals surface area (Å²) in [5.41, 5.74) is 1.13. The molecule has 2 fully saturated rings. The summed E-state index contributed by atoms with van der Waals surface area (Å²) < 4.78 is 11.4. The first kappa shape index (κ1) is 13.6. The molecule has 1 saturated carbocycles. The van der Waals surface area contributed by atoms with Crippen LogP contribution in [0.25, 0.3) is 0 Å². The van der Waals surface area contributed by atoms with Gasteiger partial charge in [-0.1, -0.05) is 30.3 Å². The second kappa shape index (κ2) is 5.94. The second-order valence-electron chi connectivity index (χ2n) is 5.59. The Morgan fingerprint density at radius 2 is 1.80 bits per heavy atom. The van der Waals surface area contributed by atoms with Crippen molar-refractivity contribution in [2.24, 2.45) is 5.92 Å². The van der Waals surface area contributed by atoms with Gasteiger partial charge in [-0.05, 0) is 18.4 Å². The zero-order chi connectivity index (χ0) is 13.8. The summed E-state index contributed by atoms with van der Waals surface area (Å²) in [5, 5.41) is 3.03. The van der Waals surface area contributed by atoms with Crippen molar-refractivity contribution in [3.63, 3.8) is 0 Å². The Labute approximate surface area is 119 Å². The predicted molar refractivity (Wildman–Crippen MR) is 74.9 cm³/mol. The summed E-state index contributed by atoms with van der Waals surface area (Å²) in [6, 6.07) is 10.0. The number of rotatable bonds is 3. The Morgan fingerprint density at radius 1 is 1.15 bits per heavy atom. The van der Waals surface area contributed by atoms with Crippen LogP contribution < -0.4 is 5.32 Å². The molecule has 108 valence electrons. The van der Waals surface area contributed by atoms with Gasteiger partial charge in [-0.2, -0.15) is 0 Å². The first-order chi connectivity index (χ1) is 9.77. The molecule has 0 unspecified atom stereocenters. The minimum absolute atomic E-state index is 0.0946. The predicted octanol–water partition coefficient (Wildman–Crippen LogP) is 2.24. The molecule has 1 spiro atoms. The fraction of sp³-hybridized carbons (Fsp3) is 0.562. The molecule has 1 aromatic carbocycles. The lowest BCUT2D eigenvalue weighted by molar-refractivity contribution is -0.183. The Morgan fingerprint density at radius 3 is 2.45 bits per heavy atom. The van der Waals surface area contributed by atoms with E-state index in [2.05, 4.69) is 5.32 Å². The van der Waals surface area contributed by atoms with Gasteiger partial charge in [0.2, 0.25) is 5.91 Å². The molecule has 20 heavy (non-hydrogen) atoms. The summed E-state index contributed by atoms with van der Waals surface area (Å²) in [5.74, 6) is -0.130. The average Bonchev–Trinajstić information content (AvgIpc) is 2.95. The maximum absolute atomic E-state index is 12.2. The molecule has 1 aliphatic heterocycles. The van der Waals surface area contributed by atoms with Crippen LogP contribution in [0, 0.1) is 5.92 Å². The maximum atomic E-state index is 12.2. The Bertz CT molecular complexity index is 444. The van der Waals surface area contributed by atoms with Crippen molar-refractivity contribution >= 4 is 5.91 Å². The molecule has 0 radical (unpaired) electrons. The molecule has 0 bridgehead atoms. The van der Waals surface area contributed by atoms with Crippen LogP contribution in [0.15, 0.2) is 30.3 Å². The van der Waals surface area contributed by atoms with Gasteiger partial charge in [0, 0.05) is 25.3 Å². The largest absolute Gasteiger partial charge is 0.352 e. The summed E-state index contributed by atoms with van der Waals surface area (Å²) in [7, 11) is 0. The van der Waals surface area contributed by atoms with Gasteiger partial charge in [-0.15, -0.1) is 0 Å². The summed E-state index contributed by atoms with van der Waals surface area (Å²) >= 11 is 0. The molecule has 1 aromatic rings. The SMILES string of the molecule is O=C(NCc1ccccc1)C1CCC2(CC1)OCCO2. The molecule has 1 aliphatic carbocycles. The number of carbonyl (C=O) groups is 1. The van der Waals surface area contributed by atoms with Crippen LogP contribution in [-0.4, -0.2) is 24.9 Å². The van der Waals surface area contributed by atoms with Crippen molar-refractivity contribution in [3.05, 3.63) is 35.9 Å². The molecular weight excluding hydrogens is 254 g/mol. The van der Waals surface area contributed by atoms with Crippen molar-refractivity contribution in [2.75, 3.05) is 13.2 Å². The van der Waals surface area contributed by atoms with Crippen LogP contribution in [0.5, 0.6) is 0 Å². The van der Waals surface area contributed by atoms with E-state index in [0.717, 1.165) is 31.2 Å². The van der Waals surface area contributed by atoms with Gasteiger partial charge in [0.05, 0.1) is 13.2 Å². The molecule has 1 saturated heterocycles. The number of carbonyl (C=O) groups excluding carboxylic acids is 1. The van der Waals surface area contributed by atoms with Gasteiger partial charge in [-0.3, -0.25) is 4.79 Å². The molecule has 1 N–H and O–H groups in total. The Balaban J connectivity index is 1.47. The van der Waals surface area contributed by atoms with E-state index in [4.69, 9.17) is 9.47 Å². The number of nitrogens with one attached hydrogen (secondary N) is 1. The van der Waals surface area contributed by atoms with Crippen LogP contribution in [-0.2, 0) is 20.8 Å². The molecule has 3 rings (SSSR count). The van der Waals surface area contributed by atoms with E-state index < -0.39 is 0 Å². The highest BCUT2D eigenvalue weighted by molar-refractivity contribution is 5.78. The first-order valence-electron chi connectivity index (χ1n) is 7.37. The Hall–Kier alpha value is -1.39. The van der Waals surface area contributed by atoms with Crippen molar-refractivity contribution < 1.29 is 14.3 Å². The van der Waals surface area contributed by atoms with Crippen molar-refractivity contribution in [1.82, 2.24) is 5.32 Å². The van der Waals surface area contributed by atoms with E-state index in [1.165, 1.54) is 0 Å². The minimum atomic E-state index is -0.379. The van der Waals surface area contributed by atoms with Gasteiger partial charge in [0.15, 0.2) is 5.79 Å². The van der Waals surface area contributed by atoms with Crippen LogP contribution in [0.3, 0.4) is 0 Å². The van der Waals surface area contributed by atoms with E-state index in [1.54, 1.807) is 0 Å². The number of amides is 1. The van der Waals surface area contributed by atoms with Crippen molar-refractivity contribution in [2.45, 2.75) is 38.0 Å². The maximum Gasteiger partial charge on any atom is 0.223 e. The van der Waals surface area contributed by atoms with Gasteiger partial charge in [0.1, 0.15) is 0 Å². The first-order valence-corrected chi connectivity index (χ1v) is 7.37. The van der Waals surface area contributed by atoms with Crippen LogP contribution in [0.4, 0.5) is 0 Å². The van der Waals surface area contributed by atoms with Crippen LogP contribution in [0.2, 0.25) is 0 Å². The van der Waals surface area contributed by atoms with Gasteiger partial charge >= 0.3 is 0 Å². The smallest absolute Gasteiger partial charge is 0.223 e. The van der Waals surface area contributed by atoms with E-state index in [-0.39, 0.29) is 17.6 Å². The highest BCUT2D eigenvalue weighted by atomic mass is 16.7. The third-order valence-electron chi connectivity index (χ3n) is 4.24. The highest BCUT2D eigenvalue weighted by Gasteiger charge is 2.41. The van der Waals surface area contributed by atoms with Crippen LogP contribution in [0.1, 0.15) is 31.2 Å². The normalized spacial score (nSPS) is 22.0. The Kier molecular flexibility index (Phi) is 4.03. The van der Waals surface area contributed by atoms with E-state index in [1.807, 2.05) is 30.3 Å². The molecule has 1 amide bonds. The summed E-state index contributed by atoms with van der Waals surface area (Å²) in [4.78, 5) is 12.2. The molecule has 4 heteroatoms. The fourth-order valence-electron chi connectivity index (χ4n) is 3.03. The summed E-state index contributed by atoms with van der Waals surface area (Å²) in [6.07, 6.45) is 3.36. The van der Waals surface area contributed by atoms with Crippen molar-refractivity contribution in [1.29, 1.82) is 0 Å². The van der Waals surface area contributed by atoms with E-state index >= 15 is 0 Å². The monoisotopic (exact) mass is 275 g/mol. The van der Waals surface area contributed by atoms with Gasteiger partial charge in [0.25, 0.3) is 0 Å². The molecule has 1 heterocycles.